The summed E-state index contributed by atoms with van der Waals surface area (Å²) >= 11 is 0. The van der Waals surface area contributed by atoms with Crippen LogP contribution in [-0.4, -0.2) is 4.57 Å². The minimum atomic E-state index is 0.864. The summed E-state index contributed by atoms with van der Waals surface area (Å²) in [5, 5.41) is 7.06. The molecule has 3 heteroatoms. The van der Waals surface area contributed by atoms with Gasteiger partial charge in [-0.2, -0.15) is 0 Å². The van der Waals surface area contributed by atoms with Gasteiger partial charge in [-0.05, 0) is 117 Å². The lowest BCUT2D eigenvalue weighted by Gasteiger charge is -2.25. The Labute approximate surface area is 353 Å². The van der Waals surface area contributed by atoms with Crippen molar-refractivity contribution in [3.63, 3.8) is 0 Å². The van der Waals surface area contributed by atoms with E-state index in [9.17, 15) is 0 Å². The van der Waals surface area contributed by atoms with E-state index in [1.54, 1.807) is 0 Å². The maximum atomic E-state index is 6.77. The normalized spacial score (nSPS) is 11.6. The van der Waals surface area contributed by atoms with Crippen molar-refractivity contribution in [2.45, 2.75) is 0 Å². The number of para-hydroxylation sites is 3. The summed E-state index contributed by atoms with van der Waals surface area (Å²) in [7, 11) is 0. The molecule has 12 aromatic rings. The third kappa shape index (κ3) is 5.90. The van der Waals surface area contributed by atoms with E-state index < -0.39 is 0 Å². The first-order valence-electron chi connectivity index (χ1n) is 20.8. The first-order chi connectivity index (χ1) is 30.2. The predicted molar refractivity (Wildman–Crippen MR) is 257 cm³/mol. The lowest BCUT2D eigenvalue weighted by atomic mass is 9.94. The van der Waals surface area contributed by atoms with Crippen LogP contribution in [0.25, 0.3) is 93.6 Å². The SMILES string of the molecule is c1ccc(-c2ccc(-c3ccc(N(c4ccccc4)c4ccc5oc6cc(-c7ccc8c9ccccc9n(-c9ccccc9)c8c7)c7ccccc7c6c5c4)cc3)cc2)cc1. The molecule has 3 nitrogen and oxygen atoms in total. The first-order valence-corrected chi connectivity index (χ1v) is 20.8. The Hall–Kier alpha value is -8.14. The Bertz CT molecular complexity index is 3550. The predicted octanol–water partition coefficient (Wildman–Crippen LogP) is 16.3. The molecule has 0 N–H and O–H groups in total. The second-order valence-corrected chi connectivity index (χ2v) is 15.7. The number of nitrogens with zero attached hydrogens (tertiary/aromatic N) is 2. The van der Waals surface area contributed by atoms with Crippen molar-refractivity contribution >= 4 is 71.6 Å². The molecule has 0 aliphatic heterocycles. The third-order valence-electron chi connectivity index (χ3n) is 12.2. The molecule has 0 bridgehead atoms. The number of benzene rings is 10. The molecule has 0 saturated heterocycles. The molecule has 61 heavy (non-hydrogen) atoms. The van der Waals surface area contributed by atoms with Crippen LogP contribution in [0.5, 0.6) is 0 Å². The monoisotopic (exact) mass is 778 g/mol. The quantitative estimate of drug-likeness (QED) is 0.161. The number of aromatic nitrogens is 1. The minimum absolute atomic E-state index is 0.864. The Morgan fingerprint density at radius 2 is 0.836 bits per heavy atom. The van der Waals surface area contributed by atoms with Crippen LogP contribution < -0.4 is 4.90 Å². The van der Waals surface area contributed by atoms with Gasteiger partial charge >= 0.3 is 0 Å². The van der Waals surface area contributed by atoms with Crippen molar-refractivity contribution in [1.82, 2.24) is 4.57 Å². The van der Waals surface area contributed by atoms with E-state index in [1.165, 1.54) is 54.8 Å². The van der Waals surface area contributed by atoms with Crippen LogP contribution in [0.4, 0.5) is 17.1 Å². The molecule has 0 saturated carbocycles. The molecule has 0 spiro atoms. The molecule has 286 valence electrons. The van der Waals surface area contributed by atoms with Gasteiger partial charge in [-0.1, -0.05) is 158 Å². The van der Waals surface area contributed by atoms with Gasteiger partial charge in [0, 0.05) is 44.3 Å². The number of rotatable bonds is 7. The Kier molecular flexibility index (Phi) is 8.17. The highest BCUT2D eigenvalue weighted by Crippen LogP contribution is 2.44. The second kappa shape index (κ2) is 14.3. The number of furan rings is 1. The fraction of sp³-hybridized carbons (Fsp3) is 0. The molecular weight excluding hydrogens is 741 g/mol. The van der Waals surface area contributed by atoms with Crippen molar-refractivity contribution in [1.29, 1.82) is 0 Å². The smallest absolute Gasteiger partial charge is 0.136 e. The van der Waals surface area contributed by atoms with Gasteiger partial charge in [0.05, 0.1) is 11.0 Å². The van der Waals surface area contributed by atoms with Crippen LogP contribution in [-0.2, 0) is 0 Å². The van der Waals surface area contributed by atoms with Gasteiger partial charge < -0.3 is 13.9 Å². The fourth-order valence-corrected chi connectivity index (χ4v) is 9.31. The zero-order valence-electron chi connectivity index (χ0n) is 33.2. The molecule has 0 radical (unpaired) electrons. The van der Waals surface area contributed by atoms with Crippen LogP contribution in [0.1, 0.15) is 0 Å². The van der Waals surface area contributed by atoms with Gasteiger partial charge in [0.2, 0.25) is 0 Å². The van der Waals surface area contributed by atoms with Crippen molar-refractivity contribution in [3.8, 4) is 39.1 Å². The van der Waals surface area contributed by atoms with Crippen molar-refractivity contribution in [3.05, 3.63) is 231 Å². The van der Waals surface area contributed by atoms with Gasteiger partial charge in [-0.3, -0.25) is 0 Å². The Morgan fingerprint density at radius 3 is 1.56 bits per heavy atom. The molecule has 0 atom stereocenters. The molecule has 0 fully saturated rings. The fourth-order valence-electron chi connectivity index (χ4n) is 9.31. The average molecular weight is 779 g/mol. The molecule has 0 aliphatic carbocycles. The number of hydrogen-bond acceptors (Lipinski definition) is 2. The van der Waals surface area contributed by atoms with Gasteiger partial charge in [0.1, 0.15) is 11.2 Å². The van der Waals surface area contributed by atoms with E-state index in [4.69, 9.17) is 4.42 Å². The highest BCUT2D eigenvalue weighted by Gasteiger charge is 2.20. The zero-order valence-corrected chi connectivity index (χ0v) is 33.2. The summed E-state index contributed by atoms with van der Waals surface area (Å²) in [5.74, 6) is 0. The number of fused-ring (bicyclic) bond motifs is 8. The van der Waals surface area contributed by atoms with E-state index >= 15 is 0 Å². The zero-order chi connectivity index (χ0) is 40.3. The standard InChI is InChI=1S/C58H38N2O/c1-4-14-39(15-5-1)40-24-26-41(27-25-40)42-28-31-46(32-29-42)59(44-16-6-2-7-17-44)47-33-35-56-53(37-47)58-51-22-11-10-20-48(51)52(38-57(58)61-56)43-30-34-50-49-21-12-13-23-54(49)60(55(50)36-43)45-18-8-3-9-19-45/h1-38H. The van der Waals surface area contributed by atoms with Gasteiger partial charge in [-0.15, -0.1) is 0 Å². The number of hydrogen-bond donors (Lipinski definition) is 0. The molecule has 0 aliphatic rings. The summed E-state index contributed by atoms with van der Waals surface area (Å²) in [4.78, 5) is 2.33. The molecular formula is C58H38N2O. The topological polar surface area (TPSA) is 21.3 Å². The molecule has 0 amide bonds. The van der Waals surface area contributed by atoms with E-state index in [1.807, 2.05) is 0 Å². The van der Waals surface area contributed by atoms with Crippen molar-refractivity contribution in [2.24, 2.45) is 0 Å². The summed E-state index contributed by atoms with van der Waals surface area (Å²) in [6, 6.07) is 82.7. The van der Waals surface area contributed by atoms with Crippen molar-refractivity contribution in [2.75, 3.05) is 4.90 Å². The summed E-state index contributed by atoms with van der Waals surface area (Å²) in [6.07, 6.45) is 0. The average Bonchev–Trinajstić information content (AvgIpc) is 3.88. The molecule has 0 unspecified atom stereocenters. The molecule has 12 rings (SSSR count). The Balaban J connectivity index is 0.973. The summed E-state index contributed by atoms with van der Waals surface area (Å²) < 4.78 is 9.16. The first kappa shape index (κ1) is 34.9. The van der Waals surface area contributed by atoms with Crippen LogP contribution in [0, 0.1) is 0 Å². The van der Waals surface area contributed by atoms with Gasteiger partial charge in [0.15, 0.2) is 0 Å². The maximum absolute atomic E-state index is 6.77. The third-order valence-corrected chi connectivity index (χ3v) is 12.2. The van der Waals surface area contributed by atoms with Crippen LogP contribution >= 0.6 is 0 Å². The van der Waals surface area contributed by atoms with Gasteiger partial charge in [0.25, 0.3) is 0 Å². The van der Waals surface area contributed by atoms with E-state index in [0.29, 0.717) is 0 Å². The van der Waals surface area contributed by atoms with E-state index in [0.717, 1.165) is 55.8 Å². The summed E-state index contributed by atoms with van der Waals surface area (Å²) in [6.45, 7) is 0. The van der Waals surface area contributed by atoms with Gasteiger partial charge in [-0.25, -0.2) is 0 Å². The largest absolute Gasteiger partial charge is 0.456 e. The molecule has 2 aromatic heterocycles. The second-order valence-electron chi connectivity index (χ2n) is 15.7. The number of anilines is 3. The molecule has 10 aromatic carbocycles. The van der Waals surface area contributed by atoms with E-state index in [2.05, 4.69) is 240 Å². The lowest BCUT2D eigenvalue weighted by molar-refractivity contribution is 0.669. The highest BCUT2D eigenvalue weighted by atomic mass is 16.3. The van der Waals surface area contributed by atoms with E-state index in [-0.39, 0.29) is 0 Å². The van der Waals surface area contributed by atoms with Crippen LogP contribution in [0.15, 0.2) is 235 Å². The van der Waals surface area contributed by atoms with Crippen LogP contribution in [0.2, 0.25) is 0 Å². The lowest BCUT2D eigenvalue weighted by Crippen LogP contribution is -2.09. The minimum Gasteiger partial charge on any atom is -0.456 e. The summed E-state index contributed by atoms with van der Waals surface area (Å²) in [5.41, 5.74) is 15.6. The van der Waals surface area contributed by atoms with Crippen LogP contribution in [0.3, 0.4) is 0 Å². The Morgan fingerprint density at radius 1 is 0.311 bits per heavy atom. The maximum Gasteiger partial charge on any atom is 0.136 e. The molecule has 2 heterocycles. The van der Waals surface area contributed by atoms with Crippen molar-refractivity contribution < 1.29 is 4.42 Å². The highest BCUT2D eigenvalue weighted by molar-refractivity contribution is 6.23.